The molecule has 18 heavy (non-hydrogen) atoms. The summed E-state index contributed by atoms with van der Waals surface area (Å²) in [4.78, 5) is 2.29. The summed E-state index contributed by atoms with van der Waals surface area (Å²) in [6.45, 7) is 1.16. The summed E-state index contributed by atoms with van der Waals surface area (Å²) in [6.07, 6.45) is 2.73. The fourth-order valence-corrected chi connectivity index (χ4v) is 3.42. The monoisotopic (exact) mass is 250 g/mol. The van der Waals surface area contributed by atoms with Gasteiger partial charge in [-0.1, -0.05) is 0 Å². The molecule has 4 heteroatoms. The third kappa shape index (κ3) is 1.80. The van der Waals surface area contributed by atoms with E-state index < -0.39 is 5.60 Å². The zero-order chi connectivity index (χ0) is 12.8. The highest BCUT2D eigenvalue weighted by atomic mass is 19.1. The molecule has 1 heterocycles. The number of nitrogens with zero attached hydrogens (tertiary/aromatic N) is 1. The predicted molar refractivity (Wildman–Crippen MR) is 68.9 cm³/mol. The summed E-state index contributed by atoms with van der Waals surface area (Å²) < 4.78 is 12.9. The van der Waals surface area contributed by atoms with Crippen LogP contribution in [0, 0.1) is 11.7 Å². The second-order valence-electron chi connectivity index (χ2n) is 5.56. The van der Waals surface area contributed by atoms with Crippen LogP contribution in [0.15, 0.2) is 24.3 Å². The van der Waals surface area contributed by atoms with E-state index in [0.29, 0.717) is 12.6 Å². The van der Waals surface area contributed by atoms with Crippen LogP contribution in [0.2, 0.25) is 0 Å². The van der Waals surface area contributed by atoms with Crippen molar-refractivity contribution < 1.29 is 9.50 Å². The van der Waals surface area contributed by atoms with Gasteiger partial charge in [0.05, 0.1) is 5.60 Å². The Morgan fingerprint density at radius 1 is 1.39 bits per heavy atom. The van der Waals surface area contributed by atoms with Gasteiger partial charge in [0.25, 0.3) is 0 Å². The van der Waals surface area contributed by atoms with Crippen molar-refractivity contribution in [2.24, 2.45) is 11.7 Å². The van der Waals surface area contributed by atoms with Crippen LogP contribution < -0.4 is 10.6 Å². The van der Waals surface area contributed by atoms with Gasteiger partial charge in [-0.25, -0.2) is 4.39 Å². The molecule has 1 aromatic rings. The molecule has 2 aliphatic rings. The molecule has 0 amide bonds. The van der Waals surface area contributed by atoms with Crippen molar-refractivity contribution in [3.05, 3.63) is 30.1 Å². The maximum Gasteiger partial charge on any atom is 0.123 e. The van der Waals surface area contributed by atoms with Crippen molar-refractivity contribution in [1.29, 1.82) is 0 Å². The van der Waals surface area contributed by atoms with Gasteiger partial charge in [0.15, 0.2) is 0 Å². The van der Waals surface area contributed by atoms with Gasteiger partial charge in [-0.05, 0) is 43.5 Å². The highest BCUT2D eigenvalue weighted by Gasteiger charge is 2.48. The second-order valence-corrected chi connectivity index (χ2v) is 5.56. The number of aliphatic hydroxyl groups is 1. The zero-order valence-electron chi connectivity index (χ0n) is 10.3. The molecule has 1 saturated heterocycles. The molecule has 0 aromatic heterocycles. The smallest absolute Gasteiger partial charge is 0.123 e. The van der Waals surface area contributed by atoms with Crippen LogP contribution in [-0.4, -0.2) is 29.8 Å². The lowest BCUT2D eigenvalue weighted by atomic mass is 9.76. The number of rotatable bonds is 2. The van der Waals surface area contributed by atoms with Crippen LogP contribution in [0.4, 0.5) is 10.1 Å². The number of halogens is 1. The van der Waals surface area contributed by atoms with Gasteiger partial charge in [0.1, 0.15) is 5.82 Å². The Kier molecular flexibility index (Phi) is 2.79. The summed E-state index contributed by atoms with van der Waals surface area (Å²) in [7, 11) is 0. The largest absolute Gasteiger partial charge is 0.388 e. The molecule has 1 saturated carbocycles. The van der Waals surface area contributed by atoms with E-state index in [9.17, 15) is 9.50 Å². The fraction of sp³-hybridized carbons (Fsp3) is 0.571. The van der Waals surface area contributed by atoms with E-state index in [0.717, 1.165) is 31.5 Å². The maximum atomic E-state index is 12.9. The SMILES string of the molecule is NCC1(O)CCC2CC1CN2c1ccc(F)cc1. The maximum absolute atomic E-state index is 12.9. The van der Waals surface area contributed by atoms with Crippen molar-refractivity contribution >= 4 is 5.69 Å². The zero-order valence-corrected chi connectivity index (χ0v) is 10.3. The normalized spacial score (nSPS) is 34.9. The van der Waals surface area contributed by atoms with E-state index in [4.69, 9.17) is 5.73 Å². The molecular weight excluding hydrogens is 231 g/mol. The molecule has 3 unspecified atom stereocenters. The highest BCUT2D eigenvalue weighted by Crippen LogP contribution is 2.43. The Bertz CT molecular complexity index is 436. The Hall–Kier alpha value is -1.13. The Morgan fingerprint density at radius 3 is 2.78 bits per heavy atom. The Morgan fingerprint density at radius 2 is 2.11 bits per heavy atom. The van der Waals surface area contributed by atoms with Gasteiger partial charge in [-0.3, -0.25) is 0 Å². The topological polar surface area (TPSA) is 49.5 Å². The van der Waals surface area contributed by atoms with E-state index in [1.54, 1.807) is 0 Å². The minimum absolute atomic E-state index is 0.209. The van der Waals surface area contributed by atoms with Crippen molar-refractivity contribution in [2.75, 3.05) is 18.0 Å². The van der Waals surface area contributed by atoms with Gasteiger partial charge in [0.2, 0.25) is 0 Å². The highest BCUT2D eigenvalue weighted by molar-refractivity contribution is 5.49. The van der Waals surface area contributed by atoms with E-state index in [2.05, 4.69) is 4.90 Å². The van der Waals surface area contributed by atoms with Crippen molar-refractivity contribution in [1.82, 2.24) is 0 Å². The molecule has 2 bridgehead atoms. The molecule has 3 N–H and O–H groups in total. The first-order chi connectivity index (χ1) is 8.62. The summed E-state index contributed by atoms with van der Waals surface area (Å²) in [5.74, 6) is 0.0330. The number of hydrogen-bond donors (Lipinski definition) is 2. The van der Waals surface area contributed by atoms with Gasteiger partial charge in [-0.15, -0.1) is 0 Å². The van der Waals surface area contributed by atoms with Crippen molar-refractivity contribution in [3.8, 4) is 0 Å². The quantitative estimate of drug-likeness (QED) is 0.836. The Balaban J connectivity index is 1.83. The van der Waals surface area contributed by atoms with Gasteiger partial charge in [-0.2, -0.15) is 0 Å². The standard InChI is InChI=1S/C14H19FN2O/c15-11-1-3-12(4-2-11)17-8-10-7-13(17)5-6-14(10,18)9-16/h1-4,10,13,18H,5-9,16H2. The van der Waals surface area contributed by atoms with Crippen LogP contribution in [0.1, 0.15) is 19.3 Å². The van der Waals surface area contributed by atoms with E-state index in [1.807, 2.05) is 12.1 Å². The third-order valence-electron chi connectivity index (χ3n) is 4.60. The number of nitrogens with two attached hydrogens (primary N) is 1. The average molecular weight is 250 g/mol. The average Bonchev–Trinajstić information content (AvgIpc) is 2.76. The molecule has 1 aliphatic carbocycles. The predicted octanol–water partition coefficient (Wildman–Crippen LogP) is 1.50. The lowest BCUT2D eigenvalue weighted by Gasteiger charge is -2.35. The van der Waals surface area contributed by atoms with Gasteiger partial charge >= 0.3 is 0 Å². The van der Waals surface area contributed by atoms with E-state index >= 15 is 0 Å². The number of benzene rings is 1. The number of fused-ring (bicyclic) bond motifs is 2. The number of anilines is 1. The van der Waals surface area contributed by atoms with Crippen LogP contribution in [0.5, 0.6) is 0 Å². The van der Waals surface area contributed by atoms with Crippen LogP contribution in [0.3, 0.4) is 0 Å². The summed E-state index contributed by atoms with van der Waals surface area (Å²) >= 11 is 0. The first-order valence-electron chi connectivity index (χ1n) is 6.57. The first-order valence-corrected chi connectivity index (χ1v) is 6.57. The van der Waals surface area contributed by atoms with Crippen LogP contribution in [0.25, 0.3) is 0 Å². The first kappa shape index (κ1) is 11.9. The van der Waals surface area contributed by atoms with Crippen LogP contribution in [-0.2, 0) is 0 Å². The lowest BCUT2D eigenvalue weighted by molar-refractivity contribution is -0.0246. The summed E-state index contributed by atoms with van der Waals surface area (Å²) in [5.41, 5.74) is 6.05. The van der Waals surface area contributed by atoms with Gasteiger partial charge in [0, 0.05) is 30.7 Å². The summed E-state index contributed by atoms with van der Waals surface area (Å²) in [6, 6.07) is 7.08. The lowest BCUT2D eigenvalue weighted by Crippen LogP contribution is -2.47. The minimum Gasteiger partial charge on any atom is -0.388 e. The Labute approximate surface area is 106 Å². The summed E-state index contributed by atoms with van der Waals surface area (Å²) in [5, 5.41) is 10.5. The number of hydrogen-bond acceptors (Lipinski definition) is 3. The van der Waals surface area contributed by atoms with Crippen LogP contribution >= 0.6 is 0 Å². The molecule has 2 fully saturated rings. The molecule has 3 nitrogen and oxygen atoms in total. The third-order valence-corrected chi connectivity index (χ3v) is 4.60. The molecule has 3 atom stereocenters. The molecule has 0 radical (unpaired) electrons. The second kappa shape index (κ2) is 4.21. The molecule has 1 aliphatic heterocycles. The van der Waals surface area contributed by atoms with Gasteiger partial charge < -0.3 is 15.7 Å². The van der Waals surface area contributed by atoms with Crippen molar-refractivity contribution in [3.63, 3.8) is 0 Å². The minimum atomic E-state index is -0.703. The fourth-order valence-electron chi connectivity index (χ4n) is 3.42. The molecule has 3 rings (SSSR count). The molecule has 0 spiro atoms. The molecule has 1 aromatic carbocycles. The van der Waals surface area contributed by atoms with E-state index in [-0.39, 0.29) is 11.7 Å². The van der Waals surface area contributed by atoms with Crippen molar-refractivity contribution in [2.45, 2.75) is 30.9 Å². The molecular formula is C14H19FN2O. The van der Waals surface area contributed by atoms with E-state index in [1.165, 1.54) is 12.1 Å². The molecule has 98 valence electrons.